The van der Waals surface area contributed by atoms with Gasteiger partial charge in [0, 0.05) is 36.4 Å². The molecule has 0 saturated carbocycles. The lowest BCUT2D eigenvalue weighted by Crippen LogP contribution is -2.02. The summed E-state index contributed by atoms with van der Waals surface area (Å²) in [5.74, 6) is 1.39. The van der Waals surface area contributed by atoms with Gasteiger partial charge < -0.3 is 9.26 Å². The summed E-state index contributed by atoms with van der Waals surface area (Å²) in [6.07, 6.45) is 3.88. The average molecular weight is 344 g/mol. The van der Waals surface area contributed by atoms with Crippen LogP contribution in [-0.4, -0.2) is 28.0 Å². The molecule has 0 amide bonds. The number of ether oxygens (including phenoxy) is 1. The topological polar surface area (TPSA) is 78.1 Å². The number of aryl methyl sites for hydroxylation is 1. The molecule has 24 heavy (non-hydrogen) atoms. The highest BCUT2D eigenvalue weighted by molar-refractivity contribution is 6.34. The van der Waals surface area contributed by atoms with Gasteiger partial charge in [0.2, 0.25) is 11.7 Å². The maximum atomic E-state index is 12.3. The third-order valence-electron chi connectivity index (χ3n) is 3.45. The fourth-order valence-corrected chi connectivity index (χ4v) is 2.45. The molecule has 2 aromatic heterocycles. The third-order valence-corrected chi connectivity index (χ3v) is 3.76. The minimum Gasteiger partial charge on any atom is -0.497 e. The number of carbonyl (C=O) groups is 1. The molecule has 0 aliphatic heterocycles. The number of nitrogens with zero attached hydrogens (tertiary/aromatic N) is 3. The number of hydrogen-bond donors (Lipinski definition) is 0. The molecule has 0 radical (unpaired) electrons. The lowest BCUT2D eigenvalue weighted by Gasteiger charge is -2.05. The van der Waals surface area contributed by atoms with E-state index < -0.39 is 0 Å². The molecular formula is C17H14ClN3O3. The highest BCUT2D eigenvalue weighted by Crippen LogP contribution is 2.24. The van der Waals surface area contributed by atoms with Crippen molar-refractivity contribution >= 4 is 17.4 Å². The highest BCUT2D eigenvalue weighted by Gasteiger charge is 2.14. The first-order valence-electron chi connectivity index (χ1n) is 7.27. The molecule has 0 spiro atoms. The Kier molecular flexibility index (Phi) is 4.86. The van der Waals surface area contributed by atoms with Crippen LogP contribution in [0.3, 0.4) is 0 Å². The highest BCUT2D eigenvalue weighted by atomic mass is 35.5. The SMILES string of the molecule is COc1ccc(C(=O)CCc2nc(-c3ccncc3)no2)c(Cl)c1. The number of pyridine rings is 1. The monoisotopic (exact) mass is 343 g/mol. The van der Waals surface area contributed by atoms with Crippen molar-refractivity contribution in [2.75, 3.05) is 7.11 Å². The summed E-state index contributed by atoms with van der Waals surface area (Å²) in [4.78, 5) is 20.5. The van der Waals surface area contributed by atoms with Gasteiger partial charge in [0.05, 0.1) is 12.1 Å². The van der Waals surface area contributed by atoms with Crippen LogP contribution in [0.25, 0.3) is 11.4 Å². The van der Waals surface area contributed by atoms with Gasteiger partial charge in [-0.15, -0.1) is 0 Å². The molecule has 3 aromatic rings. The van der Waals surface area contributed by atoms with E-state index >= 15 is 0 Å². The fourth-order valence-electron chi connectivity index (χ4n) is 2.18. The Morgan fingerprint density at radius 2 is 2.04 bits per heavy atom. The smallest absolute Gasteiger partial charge is 0.227 e. The second-order valence-electron chi connectivity index (χ2n) is 5.02. The summed E-state index contributed by atoms with van der Waals surface area (Å²) in [5.41, 5.74) is 1.26. The van der Waals surface area contributed by atoms with Crippen LogP contribution >= 0.6 is 11.6 Å². The van der Waals surface area contributed by atoms with Crippen molar-refractivity contribution in [1.29, 1.82) is 0 Å². The predicted octanol–water partition coefficient (Wildman–Crippen LogP) is 3.61. The van der Waals surface area contributed by atoms with Crippen LogP contribution in [0.2, 0.25) is 5.02 Å². The lowest BCUT2D eigenvalue weighted by molar-refractivity contribution is 0.0980. The summed E-state index contributed by atoms with van der Waals surface area (Å²) in [6.45, 7) is 0. The Balaban J connectivity index is 1.66. The van der Waals surface area contributed by atoms with Gasteiger partial charge in [0.25, 0.3) is 0 Å². The van der Waals surface area contributed by atoms with Gasteiger partial charge in [-0.05, 0) is 30.3 Å². The molecular weight excluding hydrogens is 330 g/mol. The first kappa shape index (κ1) is 16.1. The van der Waals surface area contributed by atoms with Crippen molar-refractivity contribution in [3.8, 4) is 17.1 Å². The molecule has 0 unspecified atom stereocenters. The Hall–Kier alpha value is -2.73. The van der Waals surface area contributed by atoms with Gasteiger partial charge in [-0.2, -0.15) is 4.98 Å². The Bertz CT molecular complexity index is 849. The van der Waals surface area contributed by atoms with Crippen LogP contribution in [-0.2, 0) is 6.42 Å². The van der Waals surface area contributed by atoms with Crippen molar-refractivity contribution < 1.29 is 14.1 Å². The maximum absolute atomic E-state index is 12.3. The van der Waals surface area contributed by atoms with E-state index in [9.17, 15) is 4.79 Å². The Morgan fingerprint density at radius 3 is 2.75 bits per heavy atom. The zero-order valence-electron chi connectivity index (χ0n) is 12.9. The zero-order valence-corrected chi connectivity index (χ0v) is 13.7. The molecule has 0 fully saturated rings. The van der Waals surface area contributed by atoms with Crippen LogP contribution in [0.15, 0.2) is 47.2 Å². The first-order chi connectivity index (χ1) is 11.7. The molecule has 0 saturated heterocycles. The Morgan fingerprint density at radius 1 is 1.25 bits per heavy atom. The van der Waals surface area contributed by atoms with Crippen LogP contribution in [0.1, 0.15) is 22.7 Å². The van der Waals surface area contributed by atoms with E-state index in [2.05, 4.69) is 15.1 Å². The maximum Gasteiger partial charge on any atom is 0.227 e. The van der Waals surface area contributed by atoms with Gasteiger partial charge in [-0.25, -0.2) is 0 Å². The summed E-state index contributed by atoms with van der Waals surface area (Å²) in [7, 11) is 1.54. The first-order valence-corrected chi connectivity index (χ1v) is 7.65. The van der Waals surface area contributed by atoms with Gasteiger partial charge in [-0.3, -0.25) is 9.78 Å². The minimum absolute atomic E-state index is 0.0914. The number of carbonyl (C=O) groups excluding carboxylic acids is 1. The van der Waals surface area contributed by atoms with Gasteiger partial charge in [-0.1, -0.05) is 16.8 Å². The second-order valence-corrected chi connectivity index (χ2v) is 5.42. The molecule has 0 bridgehead atoms. The summed E-state index contributed by atoms with van der Waals surface area (Å²) >= 11 is 6.11. The van der Waals surface area contributed by atoms with Crippen LogP contribution in [0.4, 0.5) is 0 Å². The van der Waals surface area contributed by atoms with Crippen LogP contribution in [0, 0.1) is 0 Å². The molecule has 7 heteroatoms. The molecule has 0 aliphatic rings. The summed E-state index contributed by atoms with van der Waals surface area (Å²) in [6, 6.07) is 8.55. The van der Waals surface area contributed by atoms with E-state index in [4.69, 9.17) is 20.9 Å². The van der Waals surface area contributed by atoms with Crippen LogP contribution in [0.5, 0.6) is 5.75 Å². The van der Waals surface area contributed by atoms with Gasteiger partial charge in [0.1, 0.15) is 5.75 Å². The molecule has 122 valence electrons. The van der Waals surface area contributed by atoms with E-state index in [-0.39, 0.29) is 12.2 Å². The Labute approximate surface area is 143 Å². The third kappa shape index (κ3) is 3.60. The minimum atomic E-state index is -0.0914. The zero-order chi connectivity index (χ0) is 16.9. The van der Waals surface area contributed by atoms with Crippen molar-refractivity contribution in [3.05, 3.63) is 59.2 Å². The van der Waals surface area contributed by atoms with E-state index in [1.54, 1.807) is 49.8 Å². The molecule has 6 nitrogen and oxygen atoms in total. The molecule has 1 aromatic carbocycles. The predicted molar refractivity (Wildman–Crippen MR) is 88.2 cm³/mol. The molecule has 2 heterocycles. The van der Waals surface area contributed by atoms with Crippen molar-refractivity contribution in [2.45, 2.75) is 12.8 Å². The van der Waals surface area contributed by atoms with Crippen LogP contribution < -0.4 is 4.74 Å². The van der Waals surface area contributed by atoms with E-state index in [1.165, 1.54) is 0 Å². The molecule has 0 aliphatic carbocycles. The largest absolute Gasteiger partial charge is 0.497 e. The summed E-state index contributed by atoms with van der Waals surface area (Å²) < 4.78 is 10.3. The van der Waals surface area contributed by atoms with Gasteiger partial charge >= 0.3 is 0 Å². The number of aromatic nitrogens is 3. The van der Waals surface area contributed by atoms with Crippen molar-refractivity contribution in [1.82, 2.24) is 15.1 Å². The number of hydrogen-bond acceptors (Lipinski definition) is 6. The normalized spacial score (nSPS) is 10.6. The van der Waals surface area contributed by atoms with Crippen molar-refractivity contribution in [2.24, 2.45) is 0 Å². The number of halogens is 1. The average Bonchev–Trinajstić information content (AvgIpc) is 3.09. The summed E-state index contributed by atoms with van der Waals surface area (Å²) in [5, 5.41) is 4.27. The number of rotatable bonds is 6. The number of methoxy groups -OCH3 is 1. The second kappa shape index (κ2) is 7.23. The molecule has 0 atom stereocenters. The van der Waals surface area contributed by atoms with Gasteiger partial charge in [0.15, 0.2) is 5.78 Å². The van der Waals surface area contributed by atoms with E-state index in [0.717, 1.165) is 5.56 Å². The number of benzene rings is 1. The van der Waals surface area contributed by atoms with E-state index in [0.29, 0.717) is 34.5 Å². The fraction of sp³-hybridized carbons (Fsp3) is 0.176. The standard InChI is InChI=1S/C17H14ClN3O3/c1-23-12-2-3-13(14(18)10-12)15(22)4-5-16-20-17(21-24-16)11-6-8-19-9-7-11/h2-3,6-10H,4-5H2,1H3. The lowest BCUT2D eigenvalue weighted by atomic mass is 10.1. The molecule has 3 rings (SSSR count). The molecule has 0 N–H and O–H groups in total. The number of ketones is 1. The quantitative estimate of drug-likeness (QED) is 0.636. The van der Waals surface area contributed by atoms with Crippen molar-refractivity contribution in [3.63, 3.8) is 0 Å². The van der Waals surface area contributed by atoms with E-state index in [1.807, 2.05) is 0 Å². The number of Topliss-reactive ketones (excluding diaryl/α,β-unsaturated/α-hetero) is 1.